The highest BCUT2D eigenvalue weighted by Gasteiger charge is 2.40. The van der Waals surface area contributed by atoms with Crippen molar-refractivity contribution in [1.29, 1.82) is 0 Å². The second-order valence-electron chi connectivity index (χ2n) is 7.69. The van der Waals surface area contributed by atoms with Gasteiger partial charge in [-0.2, -0.15) is 0 Å². The molecule has 0 saturated heterocycles. The van der Waals surface area contributed by atoms with E-state index in [1.165, 1.54) is 36.7 Å². The van der Waals surface area contributed by atoms with Gasteiger partial charge < -0.3 is 19.5 Å². The molecule has 1 unspecified atom stereocenters. The summed E-state index contributed by atoms with van der Waals surface area (Å²) in [6, 6.07) is 8.98. The van der Waals surface area contributed by atoms with E-state index in [1.807, 2.05) is 0 Å². The number of carbonyl (C=O) groups excluding carboxylic acids is 3. The molecule has 188 valence electrons. The maximum Gasteiger partial charge on any atom is 0.339 e. The standard InChI is InChI=1S/C25H25N3O8/c1-4-34-24(30)20-15(2)27-16(3)21(22(20)18-9-5-6-10-19(18)28(32)33)25(31)36-13-12-35-23(29)17-8-7-11-26-14-17/h5-11,14,22,27H,4,12-13H2,1-3H3. The number of hydrogen-bond acceptors (Lipinski definition) is 10. The Hall–Kier alpha value is -4.54. The summed E-state index contributed by atoms with van der Waals surface area (Å²) in [7, 11) is 0. The van der Waals surface area contributed by atoms with Crippen LogP contribution in [0.3, 0.4) is 0 Å². The zero-order valence-corrected chi connectivity index (χ0v) is 20.0. The molecule has 1 N–H and O–H groups in total. The van der Waals surface area contributed by atoms with Crippen molar-refractivity contribution in [2.75, 3.05) is 19.8 Å². The average Bonchev–Trinajstić information content (AvgIpc) is 2.86. The van der Waals surface area contributed by atoms with Crippen molar-refractivity contribution in [3.05, 3.63) is 92.6 Å². The number of nitro groups is 1. The van der Waals surface area contributed by atoms with Gasteiger partial charge in [-0.15, -0.1) is 0 Å². The first-order valence-electron chi connectivity index (χ1n) is 11.1. The summed E-state index contributed by atoms with van der Waals surface area (Å²) in [6.45, 7) is 4.43. The van der Waals surface area contributed by atoms with Gasteiger partial charge in [0.25, 0.3) is 5.69 Å². The van der Waals surface area contributed by atoms with Crippen LogP contribution < -0.4 is 5.32 Å². The second-order valence-corrected chi connectivity index (χ2v) is 7.69. The van der Waals surface area contributed by atoms with Crippen LogP contribution >= 0.6 is 0 Å². The molecular formula is C25H25N3O8. The van der Waals surface area contributed by atoms with Crippen LogP contribution in [0.25, 0.3) is 0 Å². The third-order valence-corrected chi connectivity index (χ3v) is 5.37. The molecule has 2 heterocycles. The van der Waals surface area contributed by atoms with Crippen molar-refractivity contribution in [2.24, 2.45) is 0 Å². The van der Waals surface area contributed by atoms with Crippen molar-refractivity contribution >= 4 is 23.6 Å². The quantitative estimate of drug-likeness (QED) is 0.181. The Bertz CT molecular complexity index is 1240. The van der Waals surface area contributed by atoms with E-state index in [9.17, 15) is 24.5 Å². The lowest BCUT2D eigenvalue weighted by molar-refractivity contribution is -0.385. The van der Waals surface area contributed by atoms with E-state index in [1.54, 1.807) is 32.9 Å². The molecule has 0 aliphatic carbocycles. The summed E-state index contributed by atoms with van der Waals surface area (Å²) in [5.74, 6) is -3.28. The molecule has 11 heteroatoms. The van der Waals surface area contributed by atoms with E-state index in [0.29, 0.717) is 11.4 Å². The highest BCUT2D eigenvalue weighted by molar-refractivity contribution is 6.00. The Morgan fingerprint density at radius 2 is 1.56 bits per heavy atom. The summed E-state index contributed by atoms with van der Waals surface area (Å²) in [6.07, 6.45) is 2.86. The van der Waals surface area contributed by atoms with Crippen LogP contribution in [-0.4, -0.2) is 47.6 Å². The molecule has 0 bridgehead atoms. The van der Waals surface area contributed by atoms with Gasteiger partial charge in [0.05, 0.1) is 34.2 Å². The zero-order valence-electron chi connectivity index (χ0n) is 20.0. The van der Waals surface area contributed by atoms with Gasteiger partial charge in [-0.05, 0) is 32.9 Å². The number of esters is 3. The molecule has 3 rings (SSSR count). The first-order chi connectivity index (χ1) is 17.3. The Labute approximate surface area is 206 Å². The minimum absolute atomic E-state index is 0.0107. The number of rotatable bonds is 9. The molecular weight excluding hydrogens is 470 g/mol. The van der Waals surface area contributed by atoms with E-state index in [-0.39, 0.29) is 47.8 Å². The summed E-state index contributed by atoms with van der Waals surface area (Å²) >= 11 is 0. The molecule has 1 aliphatic heterocycles. The van der Waals surface area contributed by atoms with Gasteiger partial charge in [-0.1, -0.05) is 18.2 Å². The van der Waals surface area contributed by atoms with E-state index in [2.05, 4.69) is 10.3 Å². The predicted molar refractivity (Wildman–Crippen MR) is 126 cm³/mol. The molecule has 2 aromatic rings. The minimum atomic E-state index is -1.11. The first-order valence-corrected chi connectivity index (χ1v) is 11.1. The number of nitrogens with one attached hydrogen (secondary N) is 1. The predicted octanol–water partition coefficient (Wildman–Crippen LogP) is 3.19. The van der Waals surface area contributed by atoms with Gasteiger partial charge in [0.15, 0.2) is 0 Å². The molecule has 0 saturated carbocycles. The fraction of sp³-hybridized carbons (Fsp3) is 0.280. The van der Waals surface area contributed by atoms with Crippen LogP contribution in [0.2, 0.25) is 0 Å². The second kappa shape index (κ2) is 11.7. The van der Waals surface area contributed by atoms with Crippen molar-refractivity contribution in [2.45, 2.75) is 26.7 Å². The highest BCUT2D eigenvalue weighted by Crippen LogP contribution is 2.42. The lowest BCUT2D eigenvalue weighted by atomic mass is 9.79. The molecule has 1 aromatic heterocycles. The molecule has 1 aromatic carbocycles. The highest BCUT2D eigenvalue weighted by atomic mass is 16.6. The third-order valence-electron chi connectivity index (χ3n) is 5.37. The van der Waals surface area contributed by atoms with Gasteiger partial charge >= 0.3 is 17.9 Å². The number of hydrogen-bond donors (Lipinski definition) is 1. The number of ether oxygens (including phenoxy) is 3. The summed E-state index contributed by atoms with van der Waals surface area (Å²) in [5.41, 5.74) is 0.957. The molecule has 11 nitrogen and oxygen atoms in total. The van der Waals surface area contributed by atoms with Crippen molar-refractivity contribution < 1.29 is 33.5 Å². The van der Waals surface area contributed by atoms with E-state index < -0.39 is 28.7 Å². The first kappa shape index (κ1) is 26.1. The number of aromatic nitrogens is 1. The van der Waals surface area contributed by atoms with Crippen molar-refractivity contribution in [1.82, 2.24) is 10.3 Å². The van der Waals surface area contributed by atoms with Gasteiger partial charge in [-0.25, -0.2) is 14.4 Å². The Kier molecular flexibility index (Phi) is 8.50. The number of benzene rings is 1. The molecule has 0 fully saturated rings. The smallest absolute Gasteiger partial charge is 0.339 e. The lowest BCUT2D eigenvalue weighted by Crippen LogP contribution is -2.33. The van der Waals surface area contributed by atoms with Gasteiger partial charge in [0.1, 0.15) is 13.2 Å². The third kappa shape index (κ3) is 5.74. The van der Waals surface area contributed by atoms with E-state index >= 15 is 0 Å². The molecule has 36 heavy (non-hydrogen) atoms. The normalized spacial score (nSPS) is 15.1. The lowest BCUT2D eigenvalue weighted by Gasteiger charge is -2.30. The van der Waals surface area contributed by atoms with Crippen LogP contribution in [0.15, 0.2) is 71.3 Å². The van der Waals surface area contributed by atoms with Crippen LogP contribution in [-0.2, 0) is 23.8 Å². The molecule has 0 spiro atoms. The van der Waals surface area contributed by atoms with Crippen molar-refractivity contribution in [3.63, 3.8) is 0 Å². The number of dihydropyridines is 1. The van der Waals surface area contributed by atoms with Crippen LogP contribution in [0.1, 0.15) is 42.6 Å². The number of nitrogens with zero attached hydrogens (tertiary/aromatic N) is 2. The maximum absolute atomic E-state index is 13.2. The van der Waals surface area contributed by atoms with Crippen LogP contribution in [0.4, 0.5) is 5.69 Å². The fourth-order valence-corrected chi connectivity index (χ4v) is 3.87. The summed E-state index contributed by atoms with van der Waals surface area (Å²) in [4.78, 5) is 53.2. The Balaban J connectivity index is 1.87. The number of para-hydroxylation sites is 1. The Morgan fingerprint density at radius 3 is 2.14 bits per heavy atom. The summed E-state index contributed by atoms with van der Waals surface area (Å²) < 4.78 is 15.6. The number of carbonyl (C=O) groups is 3. The number of nitro benzene ring substituents is 1. The van der Waals surface area contributed by atoms with Crippen LogP contribution in [0.5, 0.6) is 0 Å². The number of allylic oxidation sites excluding steroid dienone is 2. The molecule has 1 atom stereocenters. The number of pyridine rings is 1. The van der Waals surface area contributed by atoms with E-state index in [4.69, 9.17) is 14.2 Å². The molecule has 0 radical (unpaired) electrons. The topological polar surface area (TPSA) is 147 Å². The maximum atomic E-state index is 13.2. The SMILES string of the molecule is CCOC(=O)C1=C(C)NC(C)=C(C(=O)OCCOC(=O)c2cccnc2)C1c1ccccc1[N+](=O)[O-]. The Morgan fingerprint density at radius 1 is 0.944 bits per heavy atom. The van der Waals surface area contributed by atoms with E-state index in [0.717, 1.165) is 0 Å². The molecule has 0 amide bonds. The van der Waals surface area contributed by atoms with Gasteiger partial charge in [-0.3, -0.25) is 15.1 Å². The zero-order chi connectivity index (χ0) is 26.2. The largest absolute Gasteiger partial charge is 0.463 e. The van der Waals surface area contributed by atoms with Crippen molar-refractivity contribution in [3.8, 4) is 0 Å². The van der Waals surface area contributed by atoms with Gasteiger partial charge in [0.2, 0.25) is 0 Å². The average molecular weight is 495 g/mol. The molecule has 1 aliphatic rings. The minimum Gasteiger partial charge on any atom is -0.463 e. The summed E-state index contributed by atoms with van der Waals surface area (Å²) in [5, 5.41) is 14.7. The van der Waals surface area contributed by atoms with Crippen LogP contribution in [0, 0.1) is 10.1 Å². The fourth-order valence-electron chi connectivity index (χ4n) is 3.87. The monoisotopic (exact) mass is 495 g/mol. The van der Waals surface area contributed by atoms with Gasteiger partial charge in [0, 0.05) is 35.4 Å².